The van der Waals surface area contributed by atoms with Crippen LogP contribution in [0.3, 0.4) is 0 Å². The maximum atomic E-state index is 6.41. The van der Waals surface area contributed by atoms with Crippen molar-refractivity contribution in [3.05, 3.63) is 61.8 Å². The Bertz CT molecular complexity index is 853. The van der Waals surface area contributed by atoms with Crippen LogP contribution in [-0.4, -0.2) is 15.2 Å². The molecule has 0 unspecified atom stereocenters. The van der Waals surface area contributed by atoms with E-state index < -0.39 is 0 Å². The fourth-order valence-electron chi connectivity index (χ4n) is 2.26. The zero-order chi connectivity index (χ0) is 16.6. The second-order valence-corrected chi connectivity index (χ2v) is 6.45. The van der Waals surface area contributed by atoms with Gasteiger partial charge in [-0.05, 0) is 23.8 Å². The van der Waals surface area contributed by atoms with Crippen LogP contribution in [0.4, 0.5) is 5.95 Å². The monoisotopic (exact) mass is 386 g/mol. The third kappa shape index (κ3) is 3.40. The maximum Gasteiger partial charge on any atom is 0.239 e. The van der Waals surface area contributed by atoms with Crippen LogP contribution < -0.4 is 5.73 Å². The Morgan fingerprint density at radius 3 is 2.30 bits per heavy atom. The van der Waals surface area contributed by atoms with E-state index >= 15 is 0 Å². The molecule has 0 spiro atoms. The lowest BCUT2D eigenvalue weighted by molar-refractivity contribution is 0.973. The summed E-state index contributed by atoms with van der Waals surface area (Å²) in [5.74, 6) is 0.822. The minimum Gasteiger partial charge on any atom is -0.367 e. The third-order valence-electron chi connectivity index (χ3n) is 3.24. The highest BCUT2D eigenvalue weighted by atomic mass is 35.5. The van der Waals surface area contributed by atoms with Gasteiger partial charge in [-0.15, -0.1) is 5.10 Å². The van der Waals surface area contributed by atoms with Gasteiger partial charge in [0.25, 0.3) is 0 Å². The van der Waals surface area contributed by atoms with Gasteiger partial charge in [0.2, 0.25) is 5.95 Å². The van der Waals surface area contributed by atoms with Crippen molar-refractivity contribution in [1.82, 2.24) is 15.2 Å². The summed E-state index contributed by atoms with van der Waals surface area (Å²) in [6, 6.07) is 8.93. The molecular weight excluding hydrogens is 378 g/mol. The van der Waals surface area contributed by atoms with Crippen LogP contribution in [0, 0.1) is 0 Å². The number of rotatable bonds is 3. The quantitative estimate of drug-likeness (QED) is 0.644. The molecule has 0 saturated carbocycles. The van der Waals surface area contributed by atoms with Crippen molar-refractivity contribution >= 4 is 52.4 Å². The summed E-state index contributed by atoms with van der Waals surface area (Å²) in [5.41, 5.74) is 7.69. The third-order valence-corrected chi connectivity index (χ3v) is 4.66. The first kappa shape index (κ1) is 16.4. The van der Waals surface area contributed by atoms with Gasteiger partial charge in [-0.25, -0.2) is 0 Å². The number of hydrogen-bond acceptors (Lipinski definition) is 3. The molecule has 3 N–H and O–H groups in total. The standard InChI is InChI=1S/C15H10Cl4N4/c16-9-3-1-2-8(14(9)19)13-10(17)4-7(5-11(13)18)6-12-21-15(20)23-22-12/h1-5H,6H2,(H3,20,21,22,23). The Morgan fingerprint density at radius 1 is 1.00 bits per heavy atom. The molecule has 0 bridgehead atoms. The van der Waals surface area contributed by atoms with E-state index in [4.69, 9.17) is 52.1 Å². The highest BCUT2D eigenvalue weighted by Crippen LogP contribution is 2.41. The van der Waals surface area contributed by atoms with Gasteiger partial charge in [-0.1, -0.05) is 58.5 Å². The van der Waals surface area contributed by atoms with Crippen LogP contribution in [0.5, 0.6) is 0 Å². The molecule has 8 heteroatoms. The molecule has 0 aliphatic carbocycles. The average Bonchev–Trinajstić information content (AvgIpc) is 2.88. The molecule has 0 saturated heterocycles. The number of halogens is 4. The van der Waals surface area contributed by atoms with Crippen LogP contribution in [0.2, 0.25) is 20.1 Å². The Morgan fingerprint density at radius 2 is 1.70 bits per heavy atom. The zero-order valence-corrected chi connectivity index (χ0v) is 14.6. The van der Waals surface area contributed by atoms with E-state index in [1.807, 2.05) is 6.07 Å². The molecule has 3 rings (SSSR count). The summed E-state index contributed by atoms with van der Waals surface area (Å²) < 4.78 is 0. The van der Waals surface area contributed by atoms with Gasteiger partial charge >= 0.3 is 0 Å². The molecule has 0 radical (unpaired) electrons. The molecule has 23 heavy (non-hydrogen) atoms. The Hall–Kier alpha value is -1.46. The van der Waals surface area contributed by atoms with Crippen molar-refractivity contribution in [2.45, 2.75) is 6.42 Å². The average molecular weight is 388 g/mol. The van der Waals surface area contributed by atoms with Crippen LogP contribution in [0.25, 0.3) is 11.1 Å². The Labute approximate surface area is 152 Å². The van der Waals surface area contributed by atoms with Crippen LogP contribution >= 0.6 is 46.4 Å². The van der Waals surface area contributed by atoms with Crippen molar-refractivity contribution in [2.24, 2.45) is 0 Å². The number of aromatic amines is 1. The summed E-state index contributed by atoms with van der Waals surface area (Å²) >= 11 is 25.1. The minimum absolute atomic E-state index is 0.194. The number of nitrogen functional groups attached to an aromatic ring is 1. The molecule has 0 atom stereocenters. The lowest BCUT2D eigenvalue weighted by Gasteiger charge is -2.12. The second-order valence-electron chi connectivity index (χ2n) is 4.85. The number of nitrogens with two attached hydrogens (primary N) is 1. The van der Waals surface area contributed by atoms with E-state index in [9.17, 15) is 0 Å². The van der Waals surface area contributed by atoms with Crippen LogP contribution in [0.15, 0.2) is 30.3 Å². The molecule has 0 amide bonds. The number of H-pyrrole nitrogens is 1. The number of nitrogens with zero attached hydrogens (tertiary/aromatic N) is 2. The molecule has 1 heterocycles. The molecule has 1 aromatic heterocycles. The highest BCUT2D eigenvalue weighted by Gasteiger charge is 2.15. The Balaban J connectivity index is 2.02. The van der Waals surface area contributed by atoms with Crippen molar-refractivity contribution in [3.8, 4) is 11.1 Å². The summed E-state index contributed by atoms with van der Waals surface area (Å²) in [6.45, 7) is 0. The molecular formula is C15H10Cl4N4. The zero-order valence-electron chi connectivity index (χ0n) is 11.6. The van der Waals surface area contributed by atoms with Gasteiger partial charge in [0.1, 0.15) is 5.82 Å². The van der Waals surface area contributed by atoms with Gasteiger partial charge in [0.05, 0.1) is 20.1 Å². The molecule has 0 aliphatic heterocycles. The van der Waals surface area contributed by atoms with Crippen molar-refractivity contribution in [1.29, 1.82) is 0 Å². The number of aromatic nitrogens is 3. The minimum atomic E-state index is 0.194. The van der Waals surface area contributed by atoms with E-state index in [2.05, 4.69) is 15.2 Å². The fraction of sp³-hybridized carbons (Fsp3) is 0.0667. The first-order chi connectivity index (χ1) is 11.0. The summed E-state index contributed by atoms with van der Waals surface area (Å²) in [5, 5.41) is 8.34. The fourth-order valence-corrected chi connectivity index (χ4v) is 3.40. The van der Waals surface area contributed by atoms with Crippen molar-refractivity contribution in [2.75, 3.05) is 5.73 Å². The summed E-state index contributed by atoms with van der Waals surface area (Å²) in [7, 11) is 0. The number of nitrogens with one attached hydrogen (secondary N) is 1. The number of anilines is 1. The van der Waals surface area contributed by atoms with Gasteiger partial charge < -0.3 is 5.73 Å². The largest absolute Gasteiger partial charge is 0.367 e. The van der Waals surface area contributed by atoms with Crippen LogP contribution in [0.1, 0.15) is 11.4 Å². The van der Waals surface area contributed by atoms with Gasteiger partial charge in [0, 0.05) is 17.5 Å². The highest BCUT2D eigenvalue weighted by molar-refractivity contribution is 6.45. The normalized spacial score (nSPS) is 11.0. The van der Waals surface area contributed by atoms with E-state index in [0.29, 0.717) is 43.5 Å². The summed E-state index contributed by atoms with van der Waals surface area (Å²) in [6.07, 6.45) is 0.479. The lowest BCUT2D eigenvalue weighted by atomic mass is 10.0. The van der Waals surface area contributed by atoms with Gasteiger partial charge in [0.15, 0.2) is 0 Å². The first-order valence-corrected chi connectivity index (χ1v) is 8.06. The molecule has 3 aromatic rings. The van der Waals surface area contributed by atoms with Crippen LogP contribution in [-0.2, 0) is 6.42 Å². The van der Waals surface area contributed by atoms with Crippen molar-refractivity contribution < 1.29 is 0 Å². The predicted molar refractivity (Wildman–Crippen MR) is 95.5 cm³/mol. The first-order valence-electron chi connectivity index (χ1n) is 6.54. The van der Waals surface area contributed by atoms with E-state index in [0.717, 1.165) is 5.56 Å². The second kappa shape index (κ2) is 6.57. The lowest BCUT2D eigenvalue weighted by Crippen LogP contribution is -1.94. The molecule has 118 valence electrons. The van der Waals surface area contributed by atoms with Gasteiger partial charge in [-0.3, -0.25) is 5.10 Å². The Kier molecular flexibility index (Phi) is 4.69. The van der Waals surface area contributed by atoms with E-state index in [1.165, 1.54) is 0 Å². The number of benzene rings is 2. The predicted octanol–water partition coefficient (Wildman–Crippen LogP) is 5.26. The molecule has 0 aliphatic rings. The molecule has 4 nitrogen and oxygen atoms in total. The van der Waals surface area contributed by atoms with Gasteiger partial charge in [-0.2, -0.15) is 4.98 Å². The molecule has 2 aromatic carbocycles. The van der Waals surface area contributed by atoms with E-state index in [1.54, 1.807) is 24.3 Å². The number of hydrogen-bond donors (Lipinski definition) is 2. The molecule has 0 fully saturated rings. The maximum absolute atomic E-state index is 6.41. The smallest absolute Gasteiger partial charge is 0.239 e. The van der Waals surface area contributed by atoms with Crippen molar-refractivity contribution in [3.63, 3.8) is 0 Å². The topological polar surface area (TPSA) is 67.6 Å². The SMILES string of the molecule is Nc1n[nH]c(Cc2cc(Cl)c(-c3cccc(Cl)c3Cl)c(Cl)c2)n1. The summed E-state index contributed by atoms with van der Waals surface area (Å²) in [4.78, 5) is 4.06. The van der Waals surface area contributed by atoms with E-state index in [-0.39, 0.29) is 5.95 Å².